The van der Waals surface area contributed by atoms with E-state index < -0.39 is 4.87 Å². The number of thioether (sulfide) groups is 1. The summed E-state index contributed by atoms with van der Waals surface area (Å²) < 4.78 is 0. The van der Waals surface area contributed by atoms with E-state index in [1.807, 2.05) is 53.4 Å². The highest BCUT2D eigenvalue weighted by Gasteiger charge is 2.60. The summed E-state index contributed by atoms with van der Waals surface area (Å²) in [6.07, 6.45) is 0.931. The molecule has 1 atom stereocenters. The first-order valence-corrected chi connectivity index (χ1v) is 11.6. The number of nitrogens with zero attached hydrogens (tertiary/aromatic N) is 2. The molecule has 2 aliphatic heterocycles. The second-order valence-electron chi connectivity index (χ2n) is 8.08. The van der Waals surface area contributed by atoms with Crippen LogP contribution in [0.1, 0.15) is 29.2 Å². The van der Waals surface area contributed by atoms with E-state index in [-0.39, 0.29) is 17.6 Å². The van der Waals surface area contributed by atoms with Gasteiger partial charge < -0.3 is 4.90 Å². The molecule has 1 fully saturated rings. The fourth-order valence-corrected chi connectivity index (χ4v) is 5.83. The number of rotatable bonds is 4. The van der Waals surface area contributed by atoms with Gasteiger partial charge in [-0.3, -0.25) is 14.5 Å². The third-order valence-electron chi connectivity index (χ3n) is 6.13. The molecule has 3 aromatic rings. The first-order valence-electron chi connectivity index (χ1n) is 10.6. The van der Waals surface area contributed by atoms with Crippen molar-refractivity contribution in [3.8, 4) is 0 Å². The van der Waals surface area contributed by atoms with Crippen LogP contribution in [0.5, 0.6) is 0 Å². The zero-order valence-electron chi connectivity index (χ0n) is 17.7. The van der Waals surface area contributed by atoms with Crippen LogP contribution >= 0.6 is 11.8 Å². The summed E-state index contributed by atoms with van der Waals surface area (Å²) in [6, 6.07) is 24.1. The minimum absolute atomic E-state index is 0.0328. The van der Waals surface area contributed by atoms with E-state index in [4.69, 9.17) is 0 Å². The molecule has 2 amide bonds. The molecule has 5 rings (SSSR count). The van der Waals surface area contributed by atoms with E-state index in [1.165, 1.54) is 22.9 Å². The lowest BCUT2D eigenvalue weighted by Crippen LogP contribution is -2.49. The summed E-state index contributed by atoms with van der Waals surface area (Å²) in [5.74, 6) is 0.202. The van der Waals surface area contributed by atoms with Crippen molar-refractivity contribution in [2.45, 2.75) is 31.7 Å². The molecule has 3 aromatic carbocycles. The molecule has 0 aromatic heterocycles. The van der Waals surface area contributed by atoms with Gasteiger partial charge in [-0.25, -0.2) is 0 Å². The van der Waals surface area contributed by atoms with Crippen LogP contribution in [0.25, 0.3) is 0 Å². The largest absolute Gasteiger partial charge is 0.304 e. The maximum absolute atomic E-state index is 14.0. The van der Waals surface area contributed by atoms with Crippen LogP contribution in [0.2, 0.25) is 0 Å². The number of hydrogen-bond acceptors (Lipinski definition) is 3. The molecule has 1 spiro atoms. The molecule has 2 heterocycles. The molecule has 0 N–H and O–H groups in total. The maximum atomic E-state index is 14.0. The molecule has 31 heavy (non-hydrogen) atoms. The predicted molar refractivity (Wildman–Crippen MR) is 126 cm³/mol. The van der Waals surface area contributed by atoms with Crippen LogP contribution in [-0.2, 0) is 27.4 Å². The zero-order valence-corrected chi connectivity index (χ0v) is 18.5. The van der Waals surface area contributed by atoms with E-state index in [9.17, 15) is 9.59 Å². The molecule has 0 radical (unpaired) electrons. The number of anilines is 2. The Labute approximate surface area is 186 Å². The van der Waals surface area contributed by atoms with Gasteiger partial charge in [-0.15, -0.1) is 11.8 Å². The van der Waals surface area contributed by atoms with E-state index in [2.05, 4.69) is 38.1 Å². The maximum Gasteiger partial charge on any atom is 0.269 e. The van der Waals surface area contributed by atoms with Crippen molar-refractivity contribution in [2.24, 2.45) is 0 Å². The molecule has 1 saturated heterocycles. The SMILES string of the molecule is CCc1ccc(N2C(=O)CS[C@@]23C(=O)N(Cc2ccc(C)cc2)c2ccccc23)cc1. The average molecular weight is 429 g/mol. The highest BCUT2D eigenvalue weighted by atomic mass is 32.2. The fraction of sp³-hybridized carbons (Fsp3) is 0.231. The number of fused-ring (bicyclic) bond motifs is 2. The lowest BCUT2D eigenvalue weighted by molar-refractivity contribution is -0.123. The second kappa shape index (κ2) is 7.57. The Morgan fingerprint density at radius 1 is 0.903 bits per heavy atom. The van der Waals surface area contributed by atoms with Gasteiger partial charge in [-0.2, -0.15) is 0 Å². The Kier molecular flexibility index (Phi) is 4.86. The van der Waals surface area contributed by atoms with Crippen molar-refractivity contribution < 1.29 is 9.59 Å². The van der Waals surface area contributed by atoms with E-state index in [1.54, 1.807) is 4.90 Å². The fourth-order valence-electron chi connectivity index (χ4n) is 4.47. The van der Waals surface area contributed by atoms with Crippen LogP contribution in [0.3, 0.4) is 0 Å². The molecule has 2 aliphatic rings. The molecule has 4 nitrogen and oxygen atoms in total. The van der Waals surface area contributed by atoms with Crippen molar-refractivity contribution >= 4 is 35.0 Å². The highest BCUT2D eigenvalue weighted by Crippen LogP contribution is 2.55. The van der Waals surface area contributed by atoms with Crippen molar-refractivity contribution in [1.82, 2.24) is 0 Å². The topological polar surface area (TPSA) is 40.6 Å². The Bertz CT molecular complexity index is 1160. The van der Waals surface area contributed by atoms with Crippen molar-refractivity contribution in [2.75, 3.05) is 15.6 Å². The molecule has 0 aliphatic carbocycles. The Balaban J connectivity index is 1.61. The summed E-state index contributed by atoms with van der Waals surface area (Å²) in [7, 11) is 0. The summed E-state index contributed by atoms with van der Waals surface area (Å²) >= 11 is 1.43. The van der Waals surface area contributed by atoms with Crippen LogP contribution < -0.4 is 9.80 Å². The number of carbonyl (C=O) groups excluding carboxylic acids is 2. The minimum Gasteiger partial charge on any atom is -0.304 e. The Morgan fingerprint density at radius 3 is 2.29 bits per heavy atom. The smallest absolute Gasteiger partial charge is 0.269 e. The minimum atomic E-state index is -1.05. The van der Waals surface area contributed by atoms with Gasteiger partial charge in [-0.05, 0) is 42.7 Å². The third-order valence-corrected chi connectivity index (χ3v) is 7.51. The number of aryl methyl sites for hydroxylation is 2. The van der Waals surface area contributed by atoms with Crippen LogP contribution in [0.4, 0.5) is 11.4 Å². The van der Waals surface area contributed by atoms with Crippen molar-refractivity contribution in [1.29, 1.82) is 0 Å². The van der Waals surface area contributed by atoms with E-state index in [0.29, 0.717) is 6.54 Å². The first kappa shape index (κ1) is 19.9. The standard InChI is InChI=1S/C26H24N2O2S/c1-3-19-12-14-21(15-13-19)28-24(29)17-31-26(28)22-6-4-5-7-23(22)27(25(26)30)16-20-10-8-18(2)9-11-20/h4-15H,3,16-17H2,1-2H3/t26-/m0/s1. The zero-order chi connectivity index (χ0) is 21.6. The van der Waals surface area contributed by atoms with E-state index in [0.717, 1.165) is 28.9 Å². The Hall–Kier alpha value is -3.05. The second-order valence-corrected chi connectivity index (χ2v) is 9.24. The number of benzene rings is 3. The van der Waals surface area contributed by atoms with Gasteiger partial charge in [0.15, 0.2) is 0 Å². The number of para-hydroxylation sites is 1. The predicted octanol–water partition coefficient (Wildman–Crippen LogP) is 5.04. The summed E-state index contributed by atoms with van der Waals surface area (Å²) in [5, 5.41) is 0. The van der Waals surface area contributed by atoms with Gasteiger partial charge in [0.2, 0.25) is 10.8 Å². The van der Waals surface area contributed by atoms with Gasteiger partial charge in [0.05, 0.1) is 18.0 Å². The number of hydrogen-bond donors (Lipinski definition) is 0. The van der Waals surface area contributed by atoms with Crippen LogP contribution in [0.15, 0.2) is 72.8 Å². The average Bonchev–Trinajstić information content (AvgIpc) is 3.26. The van der Waals surface area contributed by atoms with Gasteiger partial charge >= 0.3 is 0 Å². The van der Waals surface area contributed by atoms with Gasteiger partial charge in [0.1, 0.15) is 0 Å². The molecule has 0 bridgehead atoms. The summed E-state index contributed by atoms with van der Waals surface area (Å²) in [4.78, 5) is 29.6. The monoisotopic (exact) mass is 428 g/mol. The molecular weight excluding hydrogens is 404 g/mol. The molecule has 5 heteroatoms. The van der Waals surface area contributed by atoms with Crippen molar-refractivity contribution in [3.63, 3.8) is 0 Å². The van der Waals surface area contributed by atoms with Gasteiger partial charge in [-0.1, -0.05) is 67.1 Å². The molecule has 0 saturated carbocycles. The molecule has 0 unspecified atom stereocenters. The first-order chi connectivity index (χ1) is 15.0. The van der Waals surface area contributed by atoms with Gasteiger partial charge in [0.25, 0.3) is 5.91 Å². The lowest BCUT2D eigenvalue weighted by atomic mass is 10.0. The lowest BCUT2D eigenvalue weighted by Gasteiger charge is -2.33. The van der Waals surface area contributed by atoms with Gasteiger partial charge in [0, 0.05) is 11.3 Å². The van der Waals surface area contributed by atoms with Crippen LogP contribution in [0, 0.1) is 6.92 Å². The quantitative estimate of drug-likeness (QED) is 0.585. The summed E-state index contributed by atoms with van der Waals surface area (Å²) in [6.45, 7) is 4.64. The van der Waals surface area contributed by atoms with Crippen LogP contribution in [-0.4, -0.2) is 17.6 Å². The van der Waals surface area contributed by atoms with Crippen molar-refractivity contribution in [3.05, 3.63) is 95.1 Å². The highest BCUT2D eigenvalue weighted by molar-refractivity contribution is 8.02. The number of carbonyl (C=O) groups is 2. The summed E-state index contributed by atoms with van der Waals surface area (Å²) in [5.41, 5.74) is 6.00. The number of amides is 2. The molecule has 156 valence electrons. The Morgan fingerprint density at radius 2 is 1.58 bits per heavy atom. The normalized spacial score (nSPS) is 20.1. The van der Waals surface area contributed by atoms with E-state index >= 15 is 0 Å². The molecular formula is C26H24N2O2S. The third kappa shape index (κ3) is 3.07.